The fourth-order valence-electron chi connectivity index (χ4n) is 3.41. The fraction of sp³-hybridized carbons (Fsp3) is 0.526. The highest BCUT2D eigenvalue weighted by Crippen LogP contribution is 2.35. The molecule has 12 heteroatoms. The number of amides is 1. The molecular formula is C19H19F5N4O3. The van der Waals surface area contributed by atoms with Gasteiger partial charge >= 0.3 is 12.1 Å². The van der Waals surface area contributed by atoms with E-state index in [1.807, 2.05) is 0 Å². The molecule has 1 N–H and O–H groups in total. The van der Waals surface area contributed by atoms with Gasteiger partial charge in [0, 0.05) is 32.4 Å². The highest BCUT2D eigenvalue weighted by molar-refractivity contribution is 6.02. The largest absolute Gasteiger partial charge is 0.465 e. The molecule has 0 spiro atoms. The minimum absolute atomic E-state index is 0.0212. The first-order valence-corrected chi connectivity index (χ1v) is 9.38. The smallest absolute Gasteiger partial charge is 0.435 e. The van der Waals surface area contributed by atoms with Gasteiger partial charge in [0.1, 0.15) is 0 Å². The molecule has 1 amide bonds. The van der Waals surface area contributed by atoms with Gasteiger partial charge in [-0.25, -0.2) is 13.6 Å². The van der Waals surface area contributed by atoms with Crippen LogP contribution in [0.25, 0.3) is 0 Å². The van der Waals surface area contributed by atoms with Gasteiger partial charge in [-0.3, -0.25) is 4.79 Å². The Balaban J connectivity index is 1.99. The molecule has 1 aliphatic carbocycles. The summed E-state index contributed by atoms with van der Waals surface area (Å²) in [6.45, 7) is 0.972. The molecule has 2 aliphatic rings. The number of hydrogen-bond acceptors (Lipinski definition) is 6. The third kappa shape index (κ3) is 4.84. The molecule has 0 bridgehead atoms. The summed E-state index contributed by atoms with van der Waals surface area (Å²) in [6.07, 6.45) is -5.65. The number of ether oxygens (including phenoxy) is 1. The lowest BCUT2D eigenvalue weighted by atomic mass is 10.0. The van der Waals surface area contributed by atoms with Crippen molar-refractivity contribution in [3.8, 4) is 0 Å². The van der Waals surface area contributed by atoms with Crippen LogP contribution in [0.5, 0.6) is 0 Å². The van der Waals surface area contributed by atoms with Gasteiger partial charge in [0.15, 0.2) is 11.5 Å². The second-order valence-electron chi connectivity index (χ2n) is 7.27. The van der Waals surface area contributed by atoms with Gasteiger partial charge in [-0.05, 0) is 18.9 Å². The zero-order valence-electron chi connectivity index (χ0n) is 16.7. The summed E-state index contributed by atoms with van der Waals surface area (Å²) in [5.74, 6) is -4.66. The summed E-state index contributed by atoms with van der Waals surface area (Å²) < 4.78 is 72.0. The van der Waals surface area contributed by atoms with E-state index >= 15 is 0 Å². The second-order valence-corrected chi connectivity index (χ2v) is 7.27. The lowest BCUT2D eigenvalue weighted by molar-refractivity contribution is -0.142. The van der Waals surface area contributed by atoms with Crippen molar-refractivity contribution in [1.29, 1.82) is 0 Å². The van der Waals surface area contributed by atoms with Gasteiger partial charge in [0.2, 0.25) is 5.92 Å². The molecule has 1 aromatic rings. The Bertz CT molecular complexity index is 983. The van der Waals surface area contributed by atoms with E-state index in [0.29, 0.717) is 0 Å². The quantitative estimate of drug-likeness (QED) is 0.435. The Hall–Kier alpha value is -3.01. The van der Waals surface area contributed by atoms with Crippen LogP contribution in [0.4, 0.5) is 27.8 Å². The average Bonchev–Trinajstić information content (AvgIpc) is 2.82. The SMILES string of the molecule is COC(=O)C1=C=C(NC(=O)c2c(N3CCCC(F)(F)CC3)nnc(C(F)(F)F)c2C)C1. The average molecular weight is 446 g/mol. The highest BCUT2D eigenvalue weighted by Gasteiger charge is 2.39. The normalized spacial score (nSPS) is 18.4. The topological polar surface area (TPSA) is 84.4 Å². The molecule has 3 rings (SSSR count). The summed E-state index contributed by atoms with van der Waals surface area (Å²) in [4.78, 5) is 25.6. The predicted molar refractivity (Wildman–Crippen MR) is 97.4 cm³/mol. The van der Waals surface area contributed by atoms with E-state index in [0.717, 1.165) is 6.92 Å². The molecule has 1 saturated heterocycles. The Kier molecular flexibility index (Phi) is 6.04. The monoisotopic (exact) mass is 446 g/mol. The third-order valence-corrected chi connectivity index (χ3v) is 5.06. The number of methoxy groups -OCH3 is 1. The van der Waals surface area contributed by atoms with Gasteiger partial charge in [0.25, 0.3) is 5.91 Å². The van der Waals surface area contributed by atoms with Crippen LogP contribution in [-0.4, -0.2) is 48.2 Å². The maximum Gasteiger partial charge on any atom is 0.435 e. The van der Waals surface area contributed by atoms with E-state index in [2.05, 4.69) is 26.0 Å². The van der Waals surface area contributed by atoms with Crippen molar-refractivity contribution in [2.45, 2.75) is 44.7 Å². The van der Waals surface area contributed by atoms with Crippen LogP contribution in [0.1, 0.15) is 47.3 Å². The number of nitrogens with one attached hydrogen (secondary N) is 1. The fourth-order valence-corrected chi connectivity index (χ4v) is 3.41. The Morgan fingerprint density at radius 2 is 1.87 bits per heavy atom. The molecule has 7 nitrogen and oxygen atoms in total. The van der Waals surface area contributed by atoms with Crippen molar-refractivity contribution < 1.29 is 36.3 Å². The molecule has 0 saturated carbocycles. The second kappa shape index (κ2) is 8.26. The zero-order valence-corrected chi connectivity index (χ0v) is 16.7. The number of rotatable bonds is 4. The summed E-state index contributed by atoms with van der Waals surface area (Å²) in [6, 6.07) is 0. The third-order valence-electron chi connectivity index (χ3n) is 5.06. The molecule has 0 atom stereocenters. The van der Waals surface area contributed by atoms with E-state index in [4.69, 9.17) is 0 Å². The number of halogens is 5. The van der Waals surface area contributed by atoms with Crippen LogP contribution in [0.2, 0.25) is 0 Å². The van der Waals surface area contributed by atoms with Crippen LogP contribution in [0, 0.1) is 6.92 Å². The number of carbonyl (C=O) groups is 2. The number of nitrogens with zero attached hydrogens (tertiary/aromatic N) is 3. The maximum atomic E-state index is 13.7. The number of alkyl halides is 5. The number of anilines is 1. The number of aromatic nitrogens is 2. The predicted octanol–water partition coefficient (Wildman–Crippen LogP) is 3.15. The van der Waals surface area contributed by atoms with Crippen molar-refractivity contribution in [3.63, 3.8) is 0 Å². The van der Waals surface area contributed by atoms with Crippen molar-refractivity contribution in [1.82, 2.24) is 15.5 Å². The summed E-state index contributed by atoms with van der Waals surface area (Å²) in [7, 11) is 1.18. The Labute approximate surface area is 173 Å². The Morgan fingerprint density at radius 3 is 2.48 bits per heavy atom. The number of esters is 1. The van der Waals surface area contributed by atoms with Crippen molar-refractivity contribution in [2.24, 2.45) is 0 Å². The van der Waals surface area contributed by atoms with E-state index in [1.54, 1.807) is 0 Å². The molecule has 1 fully saturated rings. The summed E-state index contributed by atoms with van der Waals surface area (Å²) >= 11 is 0. The Morgan fingerprint density at radius 1 is 1.19 bits per heavy atom. The van der Waals surface area contributed by atoms with Crippen LogP contribution < -0.4 is 10.2 Å². The lowest BCUT2D eigenvalue weighted by Crippen LogP contribution is -2.34. The maximum absolute atomic E-state index is 13.7. The molecule has 0 aromatic carbocycles. The van der Waals surface area contributed by atoms with Crippen molar-refractivity contribution in [2.75, 3.05) is 25.1 Å². The van der Waals surface area contributed by atoms with Gasteiger partial charge in [-0.2, -0.15) is 13.2 Å². The molecule has 1 aromatic heterocycles. The van der Waals surface area contributed by atoms with E-state index in [-0.39, 0.29) is 49.4 Å². The molecule has 1 aliphatic heterocycles. The van der Waals surface area contributed by atoms with E-state index < -0.39 is 47.2 Å². The van der Waals surface area contributed by atoms with E-state index in [1.165, 1.54) is 12.0 Å². The molecule has 0 radical (unpaired) electrons. The van der Waals surface area contributed by atoms with Gasteiger partial charge < -0.3 is 15.0 Å². The first-order chi connectivity index (χ1) is 14.4. The summed E-state index contributed by atoms with van der Waals surface area (Å²) in [5.41, 5.74) is 0.713. The van der Waals surface area contributed by atoms with E-state index in [9.17, 15) is 31.5 Å². The van der Waals surface area contributed by atoms with Crippen molar-refractivity contribution >= 4 is 17.7 Å². The molecular weight excluding hydrogens is 427 g/mol. The molecule has 31 heavy (non-hydrogen) atoms. The minimum atomic E-state index is -4.86. The van der Waals surface area contributed by atoms with Crippen LogP contribution >= 0.6 is 0 Å². The van der Waals surface area contributed by atoms with Crippen LogP contribution in [0.3, 0.4) is 0 Å². The minimum Gasteiger partial charge on any atom is -0.465 e. The first kappa shape index (κ1) is 22.7. The molecule has 0 unspecified atom stereocenters. The molecule has 2 heterocycles. The number of hydrogen-bond donors (Lipinski definition) is 1. The summed E-state index contributed by atoms with van der Waals surface area (Å²) in [5, 5.41) is 9.21. The zero-order chi connectivity index (χ0) is 23.0. The van der Waals surface area contributed by atoms with Gasteiger partial charge in [0.05, 0.1) is 23.9 Å². The van der Waals surface area contributed by atoms with Gasteiger partial charge in [-0.15, -0.1) is 10.2 Å². The highest BCUT2D eigenvalue weighted by atomic mass is 19.4. The van der Waals surface area contributed by atoms with Crippen LogP contribution in [0.15, 0.2) is 17.0 Å². The first-order valence-electron chi connectivity index (χ1n) is 9.38. The standard InChI is InChI=1S/C19H19F5N4O3/c1-10-13(16(29)25-12-8-11(9-12)17(30)31-2)15(27-26-14(10)19(22,23)24)28-6-3-4-18(20,21)5-7-28/h3-8H2,1-2H3,(H,25,29). The van der Waals surface area contributed by atoms with Crippen molar-refractivity contribution in [3.05, 3.63) is 33.8 Å². The number of carbonyl (C=O) groups excluding carboxylic acids is 2. The lowest BCUT2D eigenvalue weighted by Gasteiger charge is -2.25. The van der Waals surface area contributed by atoms with Gasteiger partial charge in [-0.1, -0.05) is 5.73 Å². The molecule has 168 valence electrons. The van der Waals surface area contributed by atoms with Crippen LogP contribution in [-0.2, 0) is 15.7 Å².